The van der Waals surface area contributed by atoms with Crippen LogP contribution in [0, 0.1) is 0 Å². The minimum Gasteiger partial charge on any atom is -0.481 e. The molecule has 0 rings (SSSR count). The zero-order valence-electron chi connectivity index (χ0n) is 16.5. The van der Waals surface area contributed by atoms with Gasteiger partial charge in [0.2, 0.25) is 0 Å². The van der Waals surface area contributed by atoms with E-state index in [2.05, 4.69) is 6.92 Å². The molecular formula is C19H38NO5+. The van der Waals surface area contributed by atoms with E-state index in [1.54, 1.807) is 0 Å². The number of aliphatic hydroxyl groups is 1. The molecule has 0 amide bonds. The number of aliphatic carboxylic acids is 1. The number of esters is 1. The highest BCUT2D eigenvalue weighted by Gasteiger charge is 2.27. The third-order valence-electron chi connectivity index (χ3n) is 4.04. The maximum absolute atomic E-state index is 12.0. The number of unbranched alkanes of at least 4 members (excludes halogenated alkanes) is 7. The number of hydrogen-bond acceptors (Lipinski definition) is 4. The summed E-state index contributed by atoms with van der Waals surface area (Å²) in [6, 6.07) is 0. The van der Waals surface area contributed by atoms with Crippen molar-refractivity contribution < 1.29 is 29.0 Å². The van der Waals surface area contributed by atoms with Crippen LogP contribution in [0.3, 0.4) is 0 Å². The van der Waals surface area contributed by atoms with Crippen LogP contribution in [0.15, 0.2) is 0 Å². The van der Waals surface area contributed by atoms with Crippen molar-refractivity contribution in [3.63, 3.8) is 0 Å². The molecule has 6 nitrogen and oxygen atoms in total. The number of carboxylic acid groups (broad SMARTS) is 1. The van der Waals surface area contributed by atoms with Gasteiger partial charge in [0, 0.05) is 0 Å². The lowest BCUT2D eigenvalue weighted by molar-refractivity contribution is -0.873. The van der Waals surface area contributed by atoms with Gasteiger partial charge in [-0.1, -0.05) is 58.3 Å². The molecule has 0 spiro atoms. The summed E-state index contributed by atoms with van der Waals surface area (Å²) >= 11 is 0. The van der Waals surface area contributed by atoms with Gasteiger partial charge in [0.05, 0.1) is 27.6 Å². The fraction of sp³-hybridized carbons (Fsp3) is 0.895. The SMILES string of the molecule is CCCCCCCCCCC(O)C(=O)OC(CC(=O)O)C[N+](C)(C)C. The summed E-state index contributed by atoms with van der Waals surface area (Å²) in [5.74, 6) is -1.72. The summed E-state index contributed by atoms with van der Waals surface area (Å²) in [5.41, 5.74) is 0. The fourth-order valence-corrected chi connectivity index (χ4v) is 2.78. The summed E-state index contributed by atoms with van der Waals surface area (Å²) in [7, 11) is 5.71. The standard InChI is InChI=1S/C19H37NO5/c1-5-6-7-8-9-10-11-12-13-17(21)19(24)25-16(14-18(22)23)15-20(2,3)4/h16-17,21H,5-15H2,1-4H3/p+1. The number of ether oxygens (including phenoxy) is 1. The Hall–Kier alpha value is -1.14. The highest BCUT2D eigenvalue weighted by molar-refractivity contribution is 5.75. The van der Waals surface area contributed by atoms with E-state index in [1.807, 2.05) is 21.1 Å². The van der Waals surface area contributed by atoms with Crippen LogP contribution >= 0.6 is 0 Å². The average Bonchev–Trinajstić information content (AvgIpc) is 2.47. The quantitative estimate of drug-likeness (QED) is 0.266. The van der Waals surface area contributed by atoms with E-state index in [0.29, 0.717) is 17.4 Å². The van der Waals surface area contributed by atoms with Crippen molar-refractivity contribution in [2.24, 2.45) is 0 Å². The maximum Gasteiger partial charge on any atom is 0.335 e. The van der Waals surface area contributed by atoms with E-state index in [9.17, 15) is 14.7 Å². The summed E-state index contributed by atoms with van der Waals surface area (Å²) in [6.07, 6.45) is 7.39. The number of aliphatic hydroxyl groups excluding tert-OH is 1. The molecule has 148 valence electrons. The smallest absolute Gasteiger partial charge is 0.335 e. The molecule has 25 heavy (non-hydrogen) atoms. The van der Waals surface area contributed by atoms with Crippen LogP contribution in [-0.4, -0.2) is 66.5 Å². The van der Waals surface area contributed by atoms with Crippen LogP contribution in [0.2, 0.25) is 0 Å². The Morgan fingerprint density at radius 3 is 1.96 bits per heavy atom. The van der Waals surface area contributed by atoms with E-state index >= 15 is 0 Å². The van der Waals surface area contributed by atoms with Gasteiger partial charge in [0.1, 0.15) is 6.54 Å². The second-order valence-electron chi connectivity index (χ2n) is 7.91. The van der Waals surface area contributed by atoms with E-state index in [4.69, 9.17) is 9.84 Å². The van der Waals surface area contributed by atoms with Gasteiger partial charge in [-0.2, -0.15) is 0 Å². The van der Waals surface area contributed by atoms with Crippen LogP contribution < -0.4 is 0 Å². The van der Waals surface area contributed by atoms with Crippen LogP contribution in [-0.2, 0) is 14.3 Å². The van der Waals surface area contributed by atoms with Crippen LogP contribution in [0.1, 0.15) is 71.1 Å². The minimum absolute atomic E-state index is 0.244. The lowest BCUT2D eigenvalue weighted by atomic mass is 10.1. The molecule has 0 aliphatic heterocycles. The molecule has 0 radical (unpaired) electrons. The Balaban J connectivity index is 4.05. The van der Waals surface area contributed by atoms with Crippen LogP contribution in [0.5, 0.6) is 0 Å². The van der Waals surface area contributed by atoms with Gasteiger partial charge < -0.3 is 19.4 Å². The number of likely N-dealkylation sites (N-methyl/N-ethyl adjacent to an activating group) is 1. The molecule has 0 saturated heterocycles. The molecule has 6 heteroatoms. The first-order chi connectivity index (χ1) is 11.7. The summed E-state index contributed by atoms with van der Waals surface area (Å²) in [5, 5.41) is 18.9. The van der Waals surface area contributed by atoms with E-state index in [0.717, 1.165) is 19.3 Å². The lowest BCUT2D eigenvalue weighted by Crippen LogP contribution is -2.44. The van der Waals surface area contributed by atoms with Gasteiger partial charge in [-0.25, -0.2) is 4.79 Å². The molecule has 0 aromatic rings. The predicted octanol–water partition coefficient (Wildman–Crippen LogP) is 2.97. The Morgan fingerprint density at radius 1 is 0.960 bits per heavy atom. The number of rotatable bonds is 15. The Kier molecular flexibility index (Phi) is 12.5. The van der Waals surface area contributed by atoms with E-state index in [1.165, 1.54) is 32.1 Å². The number of quaternary nitrogens is 1. The summed E-state index contributed by atoms with van der Waals surface area (Å²) in [6.45, 7) is 2.59. The monoisotopic (exact) mass is 360 g/mol. The van der Waals surface area contributed by atoms with Gasteiger partial charge in [0.25, 0.3) is 0 Å². The first-order valence-electron chi connectivity index (χ1n) is 9.56. The van der Waals surface area contributed by atoms with Gasteiger partial charge in [-0.15, -0.1) is 0 Å². The molecule has 0 aromatic heterocycles. The molecule has 0 heterocycles. The van der Waals surface area contributed by atoms with Crippen molar-refractivity contribution in [3.05, 3.63) is 0 Å². The molecule has 0 saturated carbocycles. The normalized spacial score (nSPS) is 14.1. The summed E-state index contributed by atoms with van der Waals surface area (Å²) in [4.78, 5) is 22.9. The number of nitrogens with zero attached hydrogens (tertiary/aromatic N) is 1. The first kappa shape index (κ1) is 23.9. The van der Waals surface area contributed by atoms with Gasteiger partial charge in [-0.3, -0.25) is 4.79 Å². The highest BCUT2D eigenvalue weighted by atomic mass is 16.6. The van der Waals surface area contributed by atoms with Crippen molar-refractivity contribution in [1.82, 2.24) is 0 Å². The number of carbonyl (C=O) groups excluding carboxylic acids is 1. The zero-order chi connectivity index (χ0) is 19.3. The molecule has 2 N–H and O–H groups in total. The number of carboxylic acids is 1. The number of carbonyl (C=O) groups is 2. The Bertz CT molecular complexity index is 379. The number of hydrogen-bond donors (Lipinski definition) is 2. The third kappa shape index (κ3) is 14.9. The second-order valence-corrected chi connectivity index (χ2v) is 7.91. The zero-order valence-corrected chi connectivity index (χ0v) is 16.5. The van der Waals surface area contributed by atoms with E-state index < -0.39 is 24.1 Å². The first-order valence-corrected chi connectivity index (χ1v) is 9.56. The Morgan fingerprint density at radius 2 is 1.48 bits per heavy atom. The maximum atomic E-state index is 12.0. The second kappa shape index (κ2) is 13.1. The van der Waals surface area contributed by atoms with Crippen LogP contribution in [0.25, 0.3) is 0 Å². The lowest BCUT2D eigenvalue weighted by Gasteiger charge is -2.28. The van der Waals surface area contributed by atoms with Crippen LogP contribution in [0.4, 0.5) is 0 Å². The summed E-state index contributed by atoms with van der Waals surface area (Å²) < 4.78 is 5.72. The van der Waals surface area contributed by atoms with Crippen molar-refractivity contribution in [2.45, 2.75) is 83.3 Å². The average molecular weight is 361 g/mol. The van der Waals surface area contributed by atoms with Crippen molar-refractivity contribution >= 4 is 11.9 Å². The molecule has 0 aromatic carbocycles. The van der Waals surface area contributed by atoms with E-state index in [-0.39, 0.29) is 6.42 Å². The largest absolute Gasteiger partial charge is 0.481 e. The van der Waals surface area contributed by atoms with Crippen molar-refractivity contribution in [3.8, 4) is 0 Å². The topological polar surface area (TPSA) is 83.8 Å². The molecule has 0 bridgehead atoms. The molecule has 0 aliphatic carbocycles. The molecule has 0 aliphatic rings. The predicted molar refractivity (Wildman–Crippen MR) is 98.3 cm³/mol. The van der Waals surface area contributed by atoms with Crippen molar-refractivity contribution in [2.75, 3.05) is 27.7 Å². The van der Waals surface area contributed by atoms with Gasteiger partial charge in [0.15, 0.2) is 12.2 Å². The van der Waals surface area contributed by atoms with Crippen molar-refractivity contribution in [1.29, 1.82) is 0 Å². The van der Waals surface area contributed by atoms with Gasteiger partial charge >= 0.3 is 11.9 Å². The minimum atomic E-state index is -1.16. The van der Waals surface area contributed by atoms with Gasteiger partial charge in [-0.05, 0) is 6.42 Å². The Labute approximate surface area is 152 Å². The highest BCUT2D eigenvalue weighted by Crippen LogP contribution is 2.13. The molecule has 2 unspecified atom stereocenters. The third-order valence-corrected chi connectivity index (χ3v) is 4.04. The molecule has 2 atom stereocenters. The molecule has 0 fully saturated rings. The fourth-order valence-electron chi connectivity index (χ4n) is 2.78. The molecular weight excluding hydrogens is 322 g/mol.